The number of imide groups is 2. The molecule has 1 N–H and O–H groups in total. The van der Waals surface area contributed by atoms with Crippen LogP contribution in [0.25, 0.3) is 16.8 Å². The molecule has 0 aliphatic carbocycles. The number of barbiturate groups is 1. The lowest BCUT2D eigenvalue weighted by Crippen LogP contribution is -2.54. The number of para-hydroxylation sites is 1. The van der Waals surface area contributed by atoms with E-state index in [0.717, 1.165) is 21.2 Å². The third kappa shape index (κ3) is 4.91. The Hall–Kier alpha value is -3.84. The van der Waals surface area contributed by atoms with Crippen LogP contribution in [0.1, 0.15) is 11.1 Å². The molecule has 37 heavy (non-hydrogen) atoms. The molecule has 184 valence electrons. The quantitative estimate of drug-likeness (QED) is 0.213. The smallest absolute Gasteiger partial charge is 0.335 e. The van der Waals surface area contributed by atoms with Crippen molar-refractivity contribution in [2.45, 2.75) is 6.61 Å². The SMILES string of the molecule is O=C1NC(=O)N(c2ccccc2Cl)C(=O)/C1=C/c1cc(Cl)cc(Cl)c1OCc1cccc2ccccc12. The Kier molecular flexibility index (Phi) is 6.89. The van der Waals surface area contributed by atoms with E-state index in [-0.39, 0.29) is 38.7 Å². The van der Waals surface area contributed by atoms with E-state index in [1.807, 2.05) is 42.5 Å². The number of carbonyl (C=O) groups is 3. The molecule has 1 aliphatic rings. The van der Waals surface area contributed by atoms with Gasteiger partial charge in [0.2, 0.25) is 0 Å². The number of fused-ring (bicyclic) bond motifs is 1. The molecule has 4 amide bonds. The minimum atomic E-state index is -0.906. The lowest BCUT2D eigenvalue weighted by Gasteiger charge is -2.27. The average molecular weight is 552 g/mol. The fourth-order valence-electron chi connectivity index (χ4n) is 4.07. The van der Waals surface area contributed by atoms with Crippen molar-refractivity contribution in [3.05, 3.63) is 111 Å². The van der Waals surface area contributed by atoms with E-state index in [2.05, 4.69) is 5.32 Å². The van der Waals surface area contributed by atoms with Gasteiger partial charge in [-0.1, -0.05) is 89.4 Å². The van der Waals surface area contributed by atoms with Crippen LogP contribution < -0.4 is 15.0 Å². The Balaban J connectivity index is 1.53. The molecule has 4 aromatic rings. The van der Waals surface area contributed by atoms with E-state index < -0.39 is 17.8 Å². The number of nitrogens with one attached hydrogen (secondary N) is 1. The zero-order valence-corrected chi connectivity index (χ0v) is 21.3. The van der Waals surface area contributed by atoms with Crippen molar-refractivity contribution in [3.63, 3.8) is 0 Å². The van der Waals surface area contributed by atoms with Gasteiger partial charge in [0.15, 0.2) is 0 Å². The van der Waals surface area contributed by atoms with Gasteiger partial charge in [0.25, 0.3) is 11.8 Å². The lowest BCUT2D eigenvalue weighted by molar-refractivity contribution is -0.122. The van der Waals surface area contributed by atoms with Crippen LogP contribution in [-0.4, -0.2) is 17.8 Å². The first-order valence-corrected chi connectivity index (χ1v) is 12.2. The number of halogens is 3. The lowest BCUT2D eigenvalue weighted by atomic mass is 10.0. The largest absolute Gasteiger partial charge is 0.487 e. The Labute approximate surface area is 227 Å². The van der Waals surface area contributed by atoms with E-state index in [1.54, 1.807) is 12.1 Å². The molecule has 0 spiro atoms. The fourth-order valence-corrected chi connectivity index (χ4v) is 4.86. The average Bonchev–Trinajstić information content (AvgIpc) is 2.87. The molecular weight excluding hydrogens is 535 g/mol. The number of rotatable bonds is 5. The second-order valence-electron chi connectivity index (χ2n) is 8.14. The molecule has 0 unspecified atom stereocenters. The fraction of sp³-hybridized carbons (Fsp3) is 0.0357. The highest BCUT2D eigenvalue weighted by molar-refractivity contribution is 6.42. The van der Waals surface area contributed by atoms with Crippen molar-refractivity contribution in [2.75, 3.05) is 4.90 Å². The van der Waals surface area contributed by atoms with Gasteiger partial charge < -0.3 is 4.74 Å². The highest BCUT2D eigenvalue weighted by atomic mass is 35.5. The molecule has 0 atom stereocenters. The van der Waals surface area contributed by atoms with E-state index >= 15 is 0 Å². The van der Waals surface area contributed by atoms with E-state index in [4.69, 9.17) is 39.5 Å². The second-order valence-corrected chi connectivity index (χ2v) is 9.39. The van der Waals surface area contributed by atoms with Crippen molar-refractivity contribution in [1.82, 2.24) is 5.32 Å². The van der Waals surface area contributed by atoms with Crippen molar-refractivity contribution in [2.24, 2.45) is 0 Å². The molecule has 0 bridgehead atoms. The molecule has 9 heteroatoms. The van der Waals surface area contributed by atoms with Gasteiger partial charge in [-0.05, 0) is 46.7 Å². The number of carbonyl (C=O) groups excluding carboxylic acids is 3. The monoisotopic (exact) mass is 550 g/mol. The molecule has 1 fully saturated rings. The van der Waals surface area contributed by atoms with Gasteiger partial charge in [0.1, 0.15) is 17.9 Å². The molecule has 5 rings (SSSR count). The summed E-state index contributed by atoms with van der Waals surface area (Å²) >= 11 is 18.9. The molecule has 6 nitrogen and oxygen atoms in total. The number of hydrogen-bond donors (Lipinski definition) is 1. The van der Waals surface area contributed by atoms with Crippen LogP contribution >= 0.6 is 34.8 Å². The highest BCUT2D eigenvalue weighted by Crippen LogP contribution is 2.36. The van der Waals surface area contributed by atoms with Gasteiger partial charge >= 0.3 is 6.03 Å². The predicted octanol–water partition coefficient (Wildman–Crippen LogP) is 7.05. The summed E-state index contributed by atoms with van der Waals surface area (Å²) in [5.74, 6) is -1.49. The van der Waals surface area contributed by atoms with Gasteiger partial charge in [-0.25, -0.2) is 9.69 Å². The van der Waals surface area contributed by atoms with Gasteiger partial charge in [0, 0.05) is 10.6 Å². The van der Waals surface area contributed by atoms with Crippen LogP contribution in [0.15, 0.2) is 84.4 Å². The molecule has 0 radical (unpaired) electrons. The second kappa shape index (κ2) is 10.3. The van der Waals surface area contributed by atoms with Gasteiger partial charge in [-0.15, -0.1) is 0 Å². The normalized spacial score (nSPS) is 14.8. The standard InChI is InChI=1S/C28H17Cl3N2O4/c29-19-12-18(13-21-26(34)32-28(36)33(27(21)35)24-11-4-3-10-22(24)30)25(23(31)14-19)37-15-17-8-5-7-16-6-1-2-9-20(16)17/h1-14H,15H2,(H,32,34,36)/b21-13+. The maximum absolute atomic E-state index is 13.3. The molecular formula is C28H17Cl3N2O4. The number of ether oxygens (including phenoxy) is 1. The summed E-state index contributed by atoms with van der Waals surface area (Å²) in [4.78, 5) is 39.4. The number of benzene rings is 4. The molecule has 0 aromatic heterocycles. The molecule has 1 aliphatic heterocycles. The topological polar surface area (TPSA) is 75.7 Å². The third-order valence-electron chi connectivity index (χ3n) is 5.78. The van der Waals surface area contributed by atoms with E-state index in [1.165, 1.54) is 30.3 Å². The number of nitrogens with zero attached hydrogens (tertiary/aromatic N) is 1. The van der Waals surface area contributed by atoms with Crippen LogP contribution in [0.3, 0.4) is 0 Å². The zero-order valence-electron chi connectivity index (χ0n) is 19.0. The van der Waals surface area contributed by atoms with Crippen molar-refractivity contribution >= 4 is 75.2 Å². The maximum Gasteiger partial charge on any atom is 0.335 e. The van der Waals surface area contributed by atoms with Crippen LogP contribution in [-0.2, 0) is 16.2 Å². The Bertz CT molecular complexity index is 1610. The van der Waals surface area contributed by atoms with Crippen LogP contribution in [0.5, 0.6) is 5.75 Å². The van der Waals surface area contributed by atoms with Crippen molar-refractivity contribution in [1.29, 1.82) is 0 Å². The first-order valence-electron chi connectivity index (χ1n) is 11.1. The number of urea groups is 1. The molecule has 1 heterocycles. The first kappa shape index (κ1) is 24.8. The summed E-state index contributed by atoms with van der Waals surface area (Å²) in [6, 6.07) is 22.2. The van der Waals surface area contributed by atoms with Crippen LogP contribution in [0, 0.1) is 0 Å². The number of anilines is 1. The van der Waals surface area contributed by atoms with Gasteiger partial charge in [-0.3, -0.25) is 14.9 Å². The summed E-state index contributed by atoms with van der Waals surface area (Å²) in [5.41, 5.74) is 1.05. The Morgan fingerprint density at radius 3 is 2.38 bits per heavy atom. The first-order chi connectivity index (χ1) is 17.8. The molecule has 1 saturated heterocycles. The highest BCUT2D eigenvalue weighted by Gasteiger charge is 2.38. The number of hydrogen-bond acceptors (Lipinski definition) is 4. The van der Waals surface area contributed by atoms with Gasteiger partial charge in [-0.2, -0.15) is 0 Å². The van der Waals surface area contributed by atoms with Crippen molar-refractivity contribution < 1.29 is 19.1 Å². The van der Waals surface area contributed by atoms with Gasteiger partial charge in [0.05, 0.1) is 15.7 Å². The minimum Gasteiger partial charge on any atom is -0.487 e. The maximum atomic E-state index is 13.3. The summed E-state index contributed by atoms with van der Waals surface area (Å²) in [6.45, 7) is 0.170. The summed E-state index contributed by atoms with van der Waals surface area (Å²) < 4.78 is 6.10. The zero-order chi connectivity index (χ0) is 26.1. The summed E-state index contributed by atoms with van der Waals surface area (Å²) in [6.07, 6.45) is 1.30. The van der Waals surface area contributed by atoms with E-state index in [9.17, 15) is 14.4 Å². The third-order valence-corrected chi connectivity index (χ3v) is 6.60. The van der Waals surface area contributed by atoms with Crippen LogP contribution in [0.4, 0.5) is 10.5 Å². The Morgan fingerprint density at radius 1 is 0.838 bits per heavy atom. The Morgan fingerprint density at radius 2 is 1.57 bits per heavy atom. The number of amides is 4. The van der Waals surface area contributed by atoms with E-state index in [0.29, 0.717) is 5.56 Å². The molecule has 4 aromatic carbocycles. The van der Waals surface area contributed by atoms with Crippen LogP contribution in [0.2, 0.25) is 15.1 Å². The summed E-state index contributed by atoms with van der Waals surface area (Å²) in [7, 11) is 0. The summed E-state index contributed by atoms with van der Waals surface area (Å²) in [5, 5.41) is 4.90. The van der Waals surface area contributed by atoms with Crippen molar-refractivity contribution in [3.8, 4) is 5.75 Å². The predicted molar refractivity (Wildman–Crippen MR) is 145 cm³/mol. The molecule has 0 saturated carbocycles. The minimum absolute atomic E-state index is 0.140.